The van der Waals surface area contributed by atoms with Crippen molar-refractivity contribution in [2.45, 2.75) is 0 Å². The molecule has 0 bridgehead atoms. The molecule has 0 fully saturated rings. The third kappa shape index (κ3) is 1.45. The highest BCUT2D eigenvalue weighted by atomic mass is 16.5. The Bertz CT molecular complexity index is 185. The van der Waals surface area contributed by atoms with Crippen molar-refractivity contribution in [3.05, 3.63) is 18.3 Å². The number of rotatable bonds is 1. The molecular weight excluding hydrogens is 113 g/mol. The maximum Gasteiger partial charge on any atom is 0.212 e. The summed E-state index contributed by atoms with van der Waals surface area (Å²) in [5.74, 6) is 0.587. The van der Waals surface area contributed by atoms with E-state index in [1.807, 2.05) is 0 Å². The fourth-order valence-corrected chi connectivity index (χ4v) is 0.512. The lowest BCUT2D eigenvalue weighted by Gasteiger charge is -1.95. The van der Waals surface area contributed by atoms with E-state index in [9.17, 15) is 0 Å². The highest BCUT2D eigenvalue weighted by Gasteiger charge is 1.87. The number of methoxy groups -OCH3 is 1. The first-order chi connectivity index (χ1) is 4.33. The number of hydrogen-bond acceptors (Lipinski definition) is 2. The van der Waals surface area contributed by atoms with Gasteiger partial charge in [0.25, 0.3) is 0 Å². The number of pyridine rings is 1. The van der Waals surface area contributed by atoms with Gasteiger partial charge in [-0.25, -0.2) is 4.98 Å². The largest absolute Gasteiger partial charge is 0.481 e. The van der Waals surface area contributed by atoms with Crippen LogP contribution >= 0.6 is 0 Å². The molecule has 0 amide bonds. The van der Waals surface area contributed by atoms with E-state index < -0.39 is 0 Å². The molecule has 0 N–H and O–H groups in total. The molecule has 0 aromatic carbocycles. The molecule has 0 unspecified atom stereocenters. The van der Waals surface area contributed by atoms with Crippen LogP contribution in [0.4, 0.5) is 0 Å². The third-order valence-corrected chi connectivity index (χ3v) is 0.968. The van der Waals surface area contributed by atoms with Crippen LogP contribution in [0.2, 0.25) is 0 Å². The molecule has 0 spiro atoms. The van der Waals surface area contributed by atoms with Crippen molar-refractivity contribution >= 4 is 13.3 Å². The summed E-state index contributed by atoms with van der Waals surface area (Å²) in [6.07, 6.45) is 1.55. The molecule has 44 valence electrons. The smallest absolute Gasteiger partial charge is 0.212 e. The Balaban J connectivity index is 2.88. The van der Waals surface area contributed by atoms with Gasteiger partial charge in [0.05, 0.1) is 7.11 Å². The highest BCUT2D eigenvalue weighted by Crippen LogP contribution is 1.98. The molecule has 0 aliphatic heterocycles. The van der Waals surface area contributed by atoms with Gasteiger partial charge in [0.2, 0.25) is 5.88 Å². The third-order valence-electron chi connectivity index (χ3n) is 0.968. The zero-order valence-corrected chi connectivity index (χ0v) is 5.16. The standard InChI is InChI=1S/C6H6BNO/c1-9-6-3-2-5(7)4-8-6/h2-4H,1H3. The zero-order chi connectivity index (χ0) is 6.69. The second-order valence-electron chi connectivity index (χ2n) is 1.63. The molecule has 2 radical (unpaired) electrons. The van der Waals surface area contributed by atoms with Crippen molar-refractivity contribution in [3.8, 4) is 5.88 Å². The SMILES string of the molecule is [B]c1ccc(OC)nc1. The minimum atomic E-state index is 0.587. The van der Waals surface area contributed by atoms with E-state index in [4.69, 9.17) is 12.6 Å². The predicted octanol–water partition coefficient (Wildman–Crippen LogP) is -0.116. The lowest BCUT2D eigenvalue weighted by Crippen LogP contribution is -2.02. The Labute approximate surface area is 55.3 Å². The van der Waals surface area contributed by atoms with Crippen LogP contribution in [0, 0.1) is 0 Å². The Morgan fingerprint density at radius 2 is 2.33 bits per heavy atom. The first-order valence-electron chi connectivity index (χ1n) is 2.58. The van der Waals surface area contributed by atoms with Crippen molar-refractivity contribution in [1.29, 1.82) is 0 Å². The number of nitrogens with zero attached hydrogens (tertiary/aromatic N) is 1. The summed E-state index contributed by atoms with van der Waals surface area (Å²) in [7, 11) is 6.93. The summed E-state index contributed by atoms with van der Waals surface area (Å²) in [6.45, 7) is 0. The van der Waals surface area contributed by atoms with Gasteiger partial charge in [-0.15, -0.1) is 0 Å². The lowest BCUT2D eigenvalue weighted by atomic mass is 9.99. The van der Waals surface area contributed by atoms with Crippen LogP contribution in [-0.2, 0) is 0 Å². The zero-order valence-electron chi connectivity index (χ0n) is 5.16. The quantitative estimate of drug-likeness (QED) is 0.481. The molecule has 9 heavy (non-hydrogen) atoms. The second-order valence-corrected chi connectivity index (χ2v) is 1.63. The summed E-state index contributed by atoms with van der Waals surface area (Å²) < 4.78 is 4.80. The van der Waals surface area contributed by atoms with Crippen molar-refractivity contribution in [3.63, 3.8) is 0 Å². The van der Waals surface area contributed by atoms with Crippen LogP contribution in [0.15, 0.2) is 18.3 Å². The molecule has 1 aromatic rings. The number of hydrogen-bond donors (Lipinski definition) is 0. The van der Waals surface area contributed by atoms with Gasteiger partial charge in [0, 0.05) is 6.20 Å². The van der Waals surface area contributed by atoms with Crippen LogP contribution in [0.1, 0.15) is 0 Å². The van der Waals surface area contributed by atoms with Crippen LogP contribution in [0.3, 0.4) is 0 Å². The van der Waals surface area contributed by atoms with Crippen molar-refractivity contribution in [2.24, 2.45) is 0 Å². The Morgan fingerprint density at radius 3 is 2.78 bits per heavy atom. The van der Waals surface area contributed by atoms with Crippen molar-refractivity contribution in [1.82, 2.24) is 4.98 Å². The van der Waals surface area contributed by atoms with Gasteiger partial charge in [-0.05, 0) is 6.07 Å². The predicted molar refractivity (Wildman–Crippen MR) is 36.2 cm³/mol. The normalized spacial score (nSPS) is 9.00. The minimum Gasteiger partial charge on any atom is -0.481 e. The Hall–Kier alpha value is -0.985. The van der Waals surface area contributed by atoms with E-state index in [1.165, 1.54) is 0 Å². The summed E-state index contributed by atoms with van der Waals surface area (Å²) in [5.41, 5.74) is 0.649. The number of aromatic nitrogens is 1. The van der Waals surface area contributed by atoms with Crippen molar-refractivity contribution in [2.75, 3.05) is 7.11 Å². The van der Waals surface area contributed by atoms with Crippen LogP contribution in [0.5, 0.6) is 5.88 Å². The van der Waals surface area contributed by atoms with Gasteiger partial charge in [-0.1, -0.05) is 11.5 Å². The van der Waals surface area contributed by atoms with Crippen LogP contribution in [0.25, 0.3) is 0 Å². The monoisotopic (exact) mass is 119 g/mol. The summed E-state index contributed by atoms with van der Waals surface area (Å²) in [4.78, 5) is 3.85. The first-order valence-corrected chi connectivity index (χ1v) is 2.58. The van der Waals surface area contributed by atoms with Gasteiger partial charge < -0.3 is 4.74 Å². The summed E-state index contributed by atoms with van der Waals surface area (Å²) in [6, 6.07) is 3.46. The Kier molecular flexibility index (Phi) is 1.73. The van der Waals surface area contributed by atoms with E-state index in [0.29, 0.717) is 11.3 Å². The first kappa shape index (κ1) is 6.14. The van der Waals surface area contributed by atoms with E-state index in [-0.39, 0.29) is 0 Å². The second kappa shape index (κ2) is 2.53. The average Bonchev–Trinajstić information content (AvgIpc) is 1.90. The fraction of sp³-hybridized carbons (Fsp3) is 0.167. The van der Waals surface area contributed by atoms with E-state index >= 15 is 0 Å². The molecule has 2 nitrogen and oxygen atoms in total. The fourth-order valence-electron chi connectivity index (χ4n) is 0.512. The molecule has 0 atom stereocenters. The molecule has 1 heterocycles. The average molecular weight is 119 g/mol. The van der Waals surface area contributed by atoms with Crippen LogP contribution in [-0.4, -0.2) is 19.9 Å². The minimum absolute atomic E-state index is 0.587. The highest BCUT2D eigenvalue weighted by molar-refractivity contribution is 6.32. The molecular formula is C6H6BNO. The lowest BCUT2D eigenvalue weighted by molar-refractivity contribution is 0.398. The van der Waals surface area contributed by atoms with Gasteiger partial charge in [0.15, 0.2) is 0 Å². The summed E-state index contributed by atoms with van der Waals surface area (Å²) in [5, 5.41) is 0. The maximum absolute atomic E-state index is 5.36. The molecule has 0 saturated carbocycles. The molecule has 1 aromatic heterocycles. The van der Waals surface area contributed by atoms with Gasteiger partial charge in [-0.3, -0.25) is 0 Å². The maximum atomic E-state index is 5.36. The van der Waals surface area contributed by atoms with Gasteiger partial charge >= 0.3 is 0 Å². The van der Waals surface area contributed by atoms with Crippen molar-refractivity contribution < 1.29 is 4.74 Å². The topological polar surface area (TPSA) is 22.1 Å². The molecule has 0 aliphatic carbocycles. The van der Waals surface area contributed by atoms with E-state index in [2.05, 4.69) is 4.98 Å². The molecule has 0 aliphatic rings. The molecule has 3 heteroatoms. The van der Waals surface area contributed by atoms with E-state index in [0.717, 1.165) is 0 Å². The summed E-state index contributed by atoms with van der Waals surface area (Å²) >= 11 is 0. The molecule has 0 saturated heterocycles. The molecule has 1 rings (SSSR count). The van der Waals surface area contributed by atoms with Crippen LogP contribution < -0.4 is 10.2 Å². The van der Waals surface area contributed by atoms with Gasteiger partial charge in [-0.2, -0.15) is 0 Å². The van der Waals surface area contributed by atoms with Gasteiger partial charge in [0.1, 0.15) is 7.85 Å². The van der Waals surface area contributed by atoms with E-state index in [1.54, 1.807) is 25.4 Å². The number of ether oxygens (including phenoxy) is 1. The Morgan fingerprint density at radius 1 is 1.56 bits per heavy atom.